The molecule has 0 aliphatic carbocycles. The zero-order valence-electron chi connectivity index (χ0n) is 12.5. The van der Waals surface area contributed by atoms with Gasteiger partial charge in [0.05, 0.1) is 22.7 Å². The Morgan fingerprint density at radius 3 is 2.90 bits per heavy atom. The average Bonchev–Trinajstić information content (AvgIpc) is 3.10. The van der Waals surface area contributed by atoms with Crippen molar-refractivity contribution in [1.29, 1.82) is 0 Å². The van der Waals surface area contributed by atoms with Gasteiger partial charge in [0, 0.05) is 37.6 Å². The van der Waals surface area contributed by atoms with Crippen molar-refractivity contribution in [3.8, 4) is 5.69 Å². The predicted octanol–water partition coefficient (Wildman–Crippen LogP) is 3.42. The van der Waals surface area contributed by atoms with Crippen LogP contribution in [0.2, 0.25) is 5.02 Å². The molecule has 1 atom stereocenters. The number of halogens is 1. The van der Waals surface area contributed by atoms with Crippen LogP contribution in [0.15, 0.2) is 36.9 Å². The van der Waals surface area contributed by atoms with Gasteiger partial charge in [-0.05, 0) is 32.4 Å². The highest BCUT2D eigenvalue weighted by Gasteiger charge is 2.24. The van der Waals surface area contributed by atoms with Gasteiger partial charge in [0.25, 0.3) is 0 Å². The quantitative estimate of drug-likeness (QED) is 0.939. The zero-order chi connectivity index (χ0) is 14.8. The van der Waals surface area contributed by atoms with E-state index in [0.29, 0.717) is 12.1 Å². The van der Waals surface area contributed by atoms with E-state index in [2.05, 4.69) is 35.1 Å². The Hall–Kier alpha value is -1.52. The van der Waals surface area contributed by atoms with Crippen LogP contribution in [0.4, 0.5) is 5.69 Å². The number of nitrogens with one attached hydrogen (secondary N) is 1. The summed E-state index contributed by atoms with van der Waals surface area (Å²) in [4.78, 5) is 6.62. The monoisotopic (exact) mass is 304 g/mol. The van der Waals surface area contributed by atoms with Crippen molar-refractivity contribution in [2.75, 3.05) is 18.4 Å². The predicted molar refractivity (Wildman–Crippen MR) is 87.3 cm³/mol. The van der Waals surface area contributed by atoms with E-state index in [-0.39, 0.29) is 0 Å². The summed E-state index contributed by atoms with van der Waals surface area (Å²) in [6.45, 7) is 6.72. The molecule has 0 radical (unpaired) electrons. The fourth-order valence-corrected chi connectivity index (χ4v) is 3.15. The first kappa shape index (κ1) is 14.4. The van der Waals surface area contributed by atoms with Gasteiger partial charge in [0.15, 0.2) is 0 Å². The Bertz CT molecular complexity index is 594. The Morgan fingerprint density at radius 2 is 2.24 bits per heavy atom. The lowest BCUT2D eigenvalue weighted by Crippen LogP contribution is -2.31. The minimum absolute atomic E-state index is 0.466. The minimum Gasteiger partial charge on any atom is -0.379 e. The largest absolute Gasteiger partial charge is 0.379 e. The molecule has 1 aromatic heterocycles. The molecule has 1 unspecified atom stereocenters. The average molecular weight is 305 g/mol. The number of likely N-dealkylation sites (tertiary alicyclic amines) is 1. The van der Waals surface area contributed by atoms with Gasteiger partial charge in [0.2, 0.25) is 0 Å². The summed E-state index contributed by atoms with van der Waals surface area (Å²) < 4.78 is 1.96. The van der Waals surface area contributed by atoms with Crippen LogP contribution in [-0.2, 0) is 0 Å². The van der Waals surface area contributed by atoms with E-state index in [4.69, 9.17) is 11.6 Å². The highest BCUT2D eigenvalue weighted by molar-refractivity contribution is 6.33. The Kier molecular flexibility index (Phi) is 4.17. The summed E-state index contributed by atoms with van der Waals surface area (Å²) >= 11 is 6.39. The molecule has 0 saturated carbocycles. The molecule has 2 heterocycles. The topological polar surface area (TPSA) is 33.1 Å². The second-order valence-electron chi connectivity index (χ2n) is 5.82. The van der Waals surface area contributed by atoms with Gasteiger partial charge in [-0.2, -0.15) is 0 Å². The molecule has 4 nitrogen and oxygen atoms in total. The van der Waals surface area contributed by atoms with Crippen molar-refractivity contribution in [3.05, 3.63) is 41.9 Å². The molecule has 1 aromatic carbocycles. The Labute approximate surface area is 130 Å². The Morgan fingerprint density at radius 1 is 1.38 bits per heavy atom. The SMILES string of the molecule is CC(C)N1CCC(Nc2cccc(Cl)c2-n2ccnc2)C1. The molecule has 2 aromatic rings. The highest BCUT2D eigenvalue weighted by atomic mass is 35.5. The number of aromatic nitrogens is 2. The van der Waals surface area contributed by atoms with Gasteiger partial charge in [-0.1, -0.05) is 17.7 Å². The molecular weight excluding hydrogens is 284 g/mol. The number of hydrogen-bond acceptors (Lipinski definition) is 3. The van der Waals surface area contributed by atoms with Crippen molar-refractivity contribution >= 4 is 17.3 Å². The number of hydrogen-bond donors (Lipinski definition) is 1. The minimum atomic E-state index is 0.466. The lowest BCUT2D eigenvalue weighted by molar-refractivity contribution is 0.274. The van der Waals surface area contributed by atoms with Crippen LogP contribution in [0.5, 0.6) is 0 Å². The summed E-state index contributed by atoms with van der Waals surface area (Å²) in [7, 11) is 0. The maximum absolute atomic E-state index is 6.39. The van der Waals surface area contributed by atoms with Crippen LogP contribution in [0.1, 0.15) is 20.3 Å². The van der Waals surface area contributed by atoms with Gasteiger partial charge in [-0.3, -0.25) is 4.90 Å². The van der Waals surface area contributed by atoms with Crippen LogP contribution < -0.4 is 5.32 Å². The normalized spacial score (nSPS) is 19.3. The standard InChI is InChI=1S/C16H21ClN4/c1-12(2)20-8-6-13(10-20)19-15-5-3-4-14(17)16(15)21-9-7-18-11-21/h3-5,7,9,11-13,19H,6,8,10H2,1-2H3. The number of rotatable bonds is 4. The third-order valence-corrected chi connectivity index (χ3v) is 4.36. The maximum atomic E-state index is 6.39. The van der Waals surface area contributed by atoms with Gasteiger partial charge in [-0.15, -0.1) is 0 Å². The molecule has 1 aliphatic heterocycles. The van der Waals surface area contributed by atoms with Crippen molar-refractivity contribution in [2.45, 2.75) is 32.4 Å². The fourth-order valence-electron chi connectivity index (χ4n) is 2.88. The number of imidazole rings is 1. The lowest BCUT2D eigenvalue weighted by Gasteiger charge is -2.22. The van der Waals surface area contributed by atoms with E-state index >= 15 is 0 Å². The molecule has 21 heavy (non-hydrogen) atoms. The van der Waals surface area contributed by atoms with Crippen molar-refractivity contribution in [2.24, 2.45) is 0 Å². The summed E-state index contributed by atoms with van der Waals surface area (Å²) in [6.07, 6.45) is 6.63. The van der Waals surface area contributed by atoms with Crippen molar-refractivity contribution in [1.82, 2.24) is 14.5 Å². The molecule has 1 fully saturated rings. The first-order valence-electron chi connectivity index (χ1n) is 7.42. The van der Waals surface area contributed by atoms with E-state index in [1.807, 2.05) is 22.9 Å². The van der Waals surface area contributed by atoms with Crippen LogP contribution >= 0.6 is 11.6 Å². The van der Waals surface area contributed by atoms with Crippen LogP contribution in [-0.4, -0.2) is 39.6 Å². The van der Waals surface area contributed by atoms with Gasteiger partial charge < -0.3 is 9.88 Å². The van der Waals surface area contributed by atoms with Crippen LogP contribution in [0.3, 0.4) is 0 Å². The first-order chi connectivity index (χ1) is 10.1. The lowest BCUT2D eigenvalue weighted by atomic mass is 10.2. The van der Waals surface area contributed by atoms with Gasteiger partial charge >= 0.3 is 0 Å². The zero-order valence-corrected chi connectivity index (χ0v) is 13.2. The summed E-state index contributed by atoms with van der Waals surface area (Å²) in [5.41, 5.74) is 2.04. The Balaban J connectivity index is 1.82. The first-order valence-corrected chi connectivity index (χ1v) is 7.80. The molecule has 5 heteroatoms. The molecule has 3 rings (SSSR count). The van der Waals surface area contributed by atoms with Gasteiger partial charge in [0.1, 0.15) is 0 Å². The van der Waals surface area contributed by atoms with Crippen LogP contribution in [0, 0.1) is 0 Å². The van der Waals surface area contributed by atoms with Crippen LogP contribution in [0.25, 0.3) is 5.69 Å². The smallest absolute Gasteiger partial charge is 0.0992 e. The maximum Gasteiger partial charge on any atom is 0.0992 e. The third kappa shape index (κ3) is 3.06. The summed E-state index contributed by atoms with van der Waals surface area (Å²) in [5.74, 6) is 0. The second-order valence-corrected chi connectivity index (χ2v) is 6.23. The molecule has 112 valence electrons. The molecule has 0 spiro atoms. The molecule has 0 amide bonds. The second kappa shape index (κ2) is 6.08. The molecule has 1 aliphatic rings. The van der Waals surface area contributed by atoms with E-state index < -0.39 is 0 Å². The van der Waals surface area contributed by atoms with E-state index in [0.717, 1.165) is 35.9 Å². The molecule has 0 bridgehead atoms. The molecule has 1 saturated heterocycles. The number of anilines is 1. The summed E-state index contributed by atoms with van der Waals surface area (Å²) in [6, 6.07) is 7.05. The fraction of sp³-hybridized carbons (Fsp3) is 0.438. The van der Waals surface area contributed by atoms with Crippen molar-refractivity contribution < 1.29 is 0 Å². The van der Waals surface area contributed by atoms with E-state index in [1.54, 1.807) is 12.5 Å². The number of para-hydroxylation sites is 1. The highest BCUT2D eigenvalue weighted by Crippen LogP contribution is 2.30. The number of nitrogens with zero attached hydrogens (tertiary/aromatic N) is 3. The number of benzene rings is 1. The van der Waals surface area contributed by atoms with Gasteiger partial charge in [-0.25, -0.2) is 4.98 Å². The summed E-state index contributed by atoms with van der Waals surface area (Å²) in [5, 5.41) is 4.38. The third-order valence-electron chi connectivity index (χ3n) is 4.06. The molecule has 1 N–H and O–H groups in total. The van der Waals surface area contributed by atoms with Crippen molar-refractivity contribution in [3.63, 3.8) is 0 Å². The molecular formula is C16H21ClN4. The van der Waals surface area contributed by atoms with E-state index in [1.165, 1.54) is 0 Å². The van der Waals surface area contributed by atoms with E-state index in [9.17, 15) is 0 Å².